The first-order valence-corrected chi connectivity index (χ1v) is 16.9. The third kappa shape index (κ3) is 5.43. The van der Waals surface area contributed by atoms with Crippen molar-refractivity contribution in [3.05, 3.63) is 125 Å². The number of fused-ring (bicyclic) bond motifs is 5. The number of nitrogens with zero attached hydrogens (tertiary/aromatic N) is 2. The third-order valence-electron chi connectivity index (χ3n) is 9.59. The van der Waals surface area contributed by atoms with Gasteiger partial charge in [-0.15, -0.1) is 0 Å². The highest BCUT2D eigenvalue weighted by Gasteiger charge is 2.27. The summed E-state index contributed by atoms with van der Waals surface area (Å²) in [5, 5.41) is 2.71. The highest BCUT2D eigenvalue weighted by atomic mass is 32.2. The van der Waals surface area contributed by atoms with Gasteiger partial charge in [0.2, 0.25) is 0 Å². The second-order valence-corrected chi connectivity index (χ2v) is 13.4. The zero-order valence-corrected chi connectivity index (χ0v) is 28.0. The van der Waals surface area contributed by atoms with Crippen LogP contribution in [0.2, 0.25) is 0 Å². The van der Waals surface area contributed by atoms with Crippen molar-refractivity contribution < 1.29 is 0 Å². The molecule has 1 aliphatic rings. The van der Waals surface area contributed by atoms with Gasteiger partial charge in [0.1, 0.15) is 0 Å². The van der Waals surface area contributed by atoms with Gasteiger partial charge in [-0.1, -0.05) is 94.1 Å². The molecule has 7 rings (SSSR count). The van der Waals surface area contributed by atoms with E-state index >= 15 is 0 Å². The topological polar surface area (TPSA) is 8.17 Å². The van der Waals surface area contributed by atoms with E-state index in [4.69, 9.17) is 0 Å². The monoisotopic (exact) mass is 596 g/mol. The van der Waals surface area contributed by atoms with E-state index in [2.05, 4.69) is 161 Å². The zero-order valence-electron chi connectivity index (χ0n) is 27.2. The first kappa shape index (κ1) is 30.1. The summed E-state index contributed by atoms with van der Waals surface area (Å²) in [5.74, 6) is 1.11. The van der Waals surface area contributed by atoms with Crippen LogP contribution < -0.4 is 4.90 Å². The lowest BCUT2D eigenvalue weighted by Crippen LogP contribution is -2.14. The molecule has 0 radical (unpaired) electrons. The van der Waals surface area contributed by atoms with Gasteiger partial charge in [0, 0.05) is 38.8 Å². The molecule has 1 aromatic heterocycles. The molecular formula is C41H44N2S. The van der Waals surface area contributed by atoms with Gasteiger partial charge < -0.3 is 9.47 Å². The second kappa shape index (κ2) is 12.6. The van der Waals surface area contributed by atoms with Crippen molar-refractivity contribution in [2.75, 3.05) is 4.90 Å². The maximum atomic E-state index is 2.51. The van der Waals surface area contributed by atoms with Crippen molar-refractivity contribution in [3.63, 3.8) is 0 Å². The Morgan fingerprint density at radius 2 is 1.14 bits per heavy atom. The molecule has 0 bridgehead atoms. The average Bonchev–Trinajstić information content (AvgIpc) is 3.32. The fourth-order valence-corrected chi connectivity index (χ4v) is 7.41. The average molecular weight is 597 g/mol. The molecule has 5 aromatic carbocycles. The van der Waals surface area contributed by atoms with Gasteiger partial charge in [-0.2, -0.15) is 0 Å². The quantitative estimate of drug-likeness (QED) is 0.195. The Balaban J connectivity index is 0.000000374. The van der Waals surface area contributed by atoms with Crippen LogP contribution in [0.3, 0.4) is 0 Å². The first-order chi connectivity index (χ1) is 21.3. The minimum absolute atomic E-state index is 0.550. The standard InChI is InChI=1S/C33H34N2S.C8H10/c1-6-21(3)24-17-26-27-19-31-33(20-30(27)34(5)29(26)18-25(24)22(4)7-2)36-32-16-12-11-15-28(32)35(31)23-13-9-8-10-14-23;1-7-5-3-4-6-8(7)2/h8-22H,6-7H2,1-5H3;3-6H,1-2H3. The van der Waals surface area contributed by atoms with Gasteiger partial charge >= 0.3 is 0 Å². The number of benzene rings is 5. The van der Waals surface area contributed by atoms with Crippen molar-refractivity contribution in [1.29, 1.82) is 0 Å². The molecular weight excluding hydrogens is 553 g/mol. The molecule has 0 fully saturated rings. The maximum absolute atomic E-state index is 2.51. The van der Waals surface area contributed by atoms with Crippen LogP contribution in [0.15, 0.2) is 113 Å². The number of rotatable bonds is 5. The summed E-state index contributed by atoms with van der Waals surface area (Å²) in [6.07, 6.45) is 2.32. The summed E-state index contributed by atoms with van der Waals surface area (Å²) in [6, 6.07) is 37.7. The van der Waals surface area contributed by atoms with Gasteiger partial charge in [-0.25, -0.2) is 0 Å². The number of aromatic nitrogens is 1. The van der Waals surface area contributed by atoms with Crippen molar-refractivity contribution in [2.24, 2.45) is 7.05 Å². The molecule has 2 atom stereocenters. The largest absolute Gasteiger partial charge is 0.344 e. The van der Waals surface area contributed by atoms with Crippen LogP contribution in [0.4, 0.5) is 17.1 Å². The lowest BCUT2D eigenvalue weighted by molar-refractivity contribution is 0.678. The number of para-hydroxylation sites is 2. The number of hydrogen-bond acceptors (Lipinski definition) is 2. The van der Waals surface area contributed by atoms with Gasteiger partial charge in [0.05, 0.1) is 16.9 Å². The van der Waals surface area contributed by atoms with E-state index in [1.165, 1.54) is 70.9 Å². The molecule has 224 valence electrons. The summed E-state index contributed by atoms with van der Waals surface area (Å²) in [4.78, 5) is 5.04. The Morgan fingerprint density at radius 3 is 1.77 bits per heavy atom. The Morgan fingerprint density at radius 1 is 0.591 bits per heavy atom. The highest BCUT2D eigenvalue weighted by molar-refractivity contribution is 7.99. The molecule has 44 heavy (non-hydrogen) atoms. The van der Waals surface area contributed by atoms with E-state index in [1.54, 1.807) is 0 Å². The van der Waals surface area contributed by atoms with E-state index in [0.29, 0.717) is 11.8 Å². The number of hydrogen-bond donors (Lipinski definition) is 0. The van der Waals surface area contributed by atoms with Crippen molar-refractivity contribution >= 4 is 50.6 Å². The molecule has 6 aromatic rings. The molecule has 0 N–H and O–H groups in total. The van der Waals surface area contributed by atoms with E-state index in [9.17, 15) is 0 Å². The zero-order chi connectivity index (χ0) is 31.0. The van der Waals surface area contributed by atoms with Crippen LogP contribution >= 0.6 is 11.8 Å². The summed E-state index contributed by atoms with van der Waals surface area (Å²) in [5.41, 5.74) is 12.1. The lowest BCUT2D eigenvalue weighted by atomic mass is 9.85. The number of anilines is 3. The molecule has 2 unspecified atom stereocenters. The summed E-state index contributed by atoms with van der Waals surface area (Å²) < 4.78 is 2.41. The molecule has 1 aliphatic heterocycles. The molecule has 0 saturated heterocycles. The predicted octanol–water partition coefficient (Wildman–Crippen LogP) is 12.6. The van der Waals surface area contributed by atoms with Crippen LogP contribution in [0, 0.1) is 13.8 Å². The van der Waals surface area contributed by atoms with Crippen molar-refractivity contribution in [1.82, 2.24) is 4.57 Å². The molecule has 0 amide bonds. The summed E-state index contributed by atoms with van der Waals surface area (Å²) in [6.45, 7) is 13.6. The van der Waals surface area contributed by atoms with E-state index in [1.807, 2.05) is 11.8 Å². The van der Waals surface area contributed by atoms with E-state index in [-0.39, 0.29) is 0 Å². The maximum Gasteiger partial charge on any atom is 0.0609 e. The molecule has 2 nitrogen and oxygen atoms in total. The Kier molecular flexibility index (Phi) is 8.60. The van der Waals surface area contributed by atoms with Crippen LogP contribution in [-0.4, -0.2) is 4.57 Å². The second-order valence-electron chi connectivity index (χ2n) is 12.3. The summed E-state index contributed by atoms with van der Waals surface area (Å²) in [7, 11) is 2.23. The van der Waals surface area contributed by atoms with Crippen LogP contribution in [-0.2, 0) is 7.05 Å². The van der Waals surface area contributed by atoms with Gasteiger partial charge in [-0.3, -0.25) is 0 Å². The lowest BCUT2D eigenvalue weighted by Gasteiger charge is -2.33. The Labute approximate surface area is 267 Å². The first-order valence-electron chi connectivity index (χ1n) is 16.1. The SMILES string of the molecule is CCC(C)c1cc2c3cc4c(cc3n(C)c2cc1C(C)CC)Sc1ccccc1N4c1ccccc1.Cc1ccccc1C. The van der Waals surface area contributed by atoms with Gasteiger partial charge in [-0.05, 0) is 109 Å². The molecule has 0 saturated carbocycles. The molecule has 0 spiro atoms. The van der Waals surface area contributed by atoms with Crippen LogP contribution in [0.1, 0.15) is 74.6 Å². The van der Waals surface area contributed by atoms with E-state index < -0.39 is 0 Å². The molecule has 2 heterocycles. The van der Waals surface area contributed by atoms with Gasteiger partial charge in [0.25, 0.3) is 0 Å². The normalized spacial score (nSPS) is 13.7. The molecule has 0 aliphatic carbocycles. The Bertz CT molecular complexity index is 1910. The number of aryl methyl sites for hydroxylation is 3. The molecule has 3 heteroatoms. The van der Waals surface area contributed by atoms with Crippen molar-refractivity contribution in [2.45, 2.75) is 76.0 Å². The Hall–Kier alpha value is -3.95. The summed E-state index contributed by atoms with van der Waals surface area (Å²) >= 11 is 1.88. The predicted molar refractivity (Wildman–Crippen MR) is 193 cm³/mol. The minimum Gasteiger partial charge on any atom is -0.344 e. The highest BCUT2D eigenvalue weighted by Crippen LogP contribution is 2.53. The third-order valence-corrected chi connectivity index (χ3v) is 10.7. The minimum atomic E-state index is 0.550. The van der Waals surface area contributed by atoms with Crippen LogP contribution in [0.5, 0.6) is 0 Å². The van der Waals surface area contributed by atoms with Crippen molar-refractivity contribution in [3.8, 4) is 0 Å². The van der Waals surface area contributed by atoms with E-state index in [0.717, 1.165) is 12.8 Å². The fourth-order valence-electron chi connectivity index (χ4n) is 6.34. The smallest absolute Gasteiger partial charge is 0.0609 e. The van der Waals surface area contributed by atoms with Gasteiger partial charge in [0.15, 0.2) is 0 Å². The fraction of sp³-hybridized carbons (Fsp3) is 0.268. The van der Waals surface area contributed by atoms with Crippen LogP contribution in [0.25, 0.3) is 21.8 Å².